The van der Waals surface area contributed by atoms with E-state index in [1.807, 2.05) is 113 Å². The van der Waals surface area contributed by atoms with Gasteiger partial charge in [0.25, 0.3) is 0 Å². The largest absolute Gasteiger partial charge is 0.494 e. The van der Waals surface area contributed by atoms with E-state index in [1.165, 1.54) is 0 Å². The molecule has 0 saturated heterocycles. The van der Waals surface area contributed by atoms with Crippen LogP contribution in [-0.4, -0.2) is 39.4 Å². The van der Waals surface area contributed by atoms with E-state index in [1.54, 1.807) is 13.8 Å². The van der Waals surface area contributed by atoms with E-state index in [2.05, 4.69) is 30.8 Å². The minimum atomic E-state index is -1.48. The molecule has 2 aliphatic rings. The lowest BCUT2D eigenvalue weighted by molar-refractivity contribution is 0.0446. The quantitative estimate of drug-likeness (QED) is 0.137. The van der Waals surface area contributed by atoms with Crippen LogP contribution >= 0.6 is 15.9 Å². The number of rotatable bonds is 4. The number of hydrogen-bond donors (Lipinski definition) is 2. The Morgan fingerprint density at radius 3 is 1.50 bits per heavy atom. The van der Waals surface area contributed by atoms with Crippen molar-refractivity contribution < 1.29 is 38.2 Å². The molecule has 0 aliphatic carbocycles. The Kier molecular flexibility index (Phi) is 10.6. The van der Waals surface area contributed by atoms with Crippen molar-refractivity contribution in [1.82, 2.24) is 10.3 Å². The fourth-order valence-corrected chi connectivity index (χ4v) is 6.99. The Bertz CT molecular complexity index is 2230. The molecule has 10 nitrogen and oxygen atoms in total. The van der Waals surface area contributed by atoms with Crippen molar-refractivity contribution >= 4 is 40.4 Å². The highest BCUT2D eigenvalue weighted by Crippen LogP contribution is 2.43. The molecule has 2 aromatic heterocycles. The minimum Gasteiger partial charge on any atom is -0.449 e. The van der Waals surface area contributed by atoms with Crippen LogP contribution in [0.25, 0.3) is 11.1 Å². The number of benzene rings is 4. The monoisotopic (exact) mass is 762 g/mol. The van der Waals surface area contributed by atoms with Crippen LogP contribution in [0.1, 0.15) is 89.2 Å². The molecule has 0 fully saturated rings. The molecule has 0 radical (unpaired) electrons. The van der Waals surface area contributed by atoms with Gasteiger partial charge in [-0.2, -0.15) is 0 Å². The second-order valence-corrected chi connectivity index (χ2v) is 13.4. The van der Waals surface area contributed by atoms with Gasteiger partial charge in [0.1, 0.15) is 11.5 Å². The molecule has 0 bridgehead atoms. The maximum absolute atomic E-state index is 12.3. The number of halogens is 1. The highest BCUT2D eigenvalue weighted by molar-refractivity contribution is 9.10. The first-order chi connectivity index (χ1) is 24.9. The normalized spacial score (nSPS) is 15.4. The third-order valence-electron chi connectivity index (χ3n) is 9.23. The molecule has 4 aromatic carbocycles. The molecule has 2 unspecified atom stereocenters. The summed E-state index contributed by atoms with van der Waals surface area (Å²) in [6, 6.07) is 27.1. The van der Waals surface area contributed by atoms with Gasteiger partial charge in [-0.05, 0) is 87.6 Å². The average molecular weight is 763 g/mol. The number of cyclic esters (lactones) is 2. The summed E-state index contributed by atoms with van der Waals surface area (Å²) in [5.41, 5.74) is 11.0. The number of hydrogen-bond acceptors (Lipinski definition) is 10. The summed E-state index contributed by atoms with van der Waals surface area (Å²) in [7, 11) is -1.48. The summed E-state index contributed by atoms with van der Waals surface area (Å²) in [6.07, 6.45) is -0.652. The smallest absolute Gasteiger partial charge is 0.449 e. The Morgan fingerprint density at radius 2 is 1.06 bits per heavy atom. The summed E-state index contributed by atoms with van der Waals surface area (Å²) in [6.45, 7) is 11.1. The molecular weight excluding hydrogens is 727 g/mol. The van der Waals surface area contributed by atoms with Gasteiger partial charge in [0.05, 0.1) is 22.5 Å². The lowest BCUT2D eigenvalue weighted by atomic mass is 9.79. The fourth-order valence-electron chi connectivity index (χ4n) is 6.64. The molecule has 4 heterocycles. The number of ether oxygens (including phenoxy) is 2. The first-order valence-corrected chi connectivity index (χ1v) is 17.3. The number of carbonyl (C=O) groups excluding carboxylic acids is 2. The third kappa shape index (κ3) is 6.97. The van der Waals surface area contributed by atoms with Crippen LogP contribution < -0.4 is 5.46 Å². The lowest BCUT2D eigenvalue weighted by Gasteiger charge is -2.15. The standard InChI is InChI=1S/C20H17NO3.C15H11BrO2.C5H8BNO3/c1-11-15(18-12(2)21-24-13(18)3)9-10-16-17(11)19(23-20(16)22)14-7-5-4-6-8-14;1-9-12(16)8-7-11-13(9)14(18-15(11)17)10-5-3-2-4-6-10;1-3-5(6(8)9)4(2)10-7-3/h4-10,19H,1-3H3;2-8,14H,1H3;8-9H,1-2H3. The number of aryl methyl sites for hydroxylation is 4. The summed E-state index contributed by atoms with van der Waals surface area (Å²) in [4.78, 5) is 24.2. The molecular formula is C40H36BBrN2O8. The molecule has 2 aliphatic heterocycles. The van der Waals surface area contributed by atoms with E-state index >= 15 is 0 Å². The molecule has 2 atom stereocenters. The van der Waals surface area contributed by atoms with Gasteiger partial charge < -0.3 is 28.6 Å². The highest BCUT2D eigenvalue weighted by atomic mass is 79.9. The number of carbonyl (C=O) groups is 2. The van der Waals surface area contributed by atoms with Crippen LogP contribution in [0.5, 0.6) is 0 Å². The third-order valence-corrected chi connectivity index (χ3v) is 10.1. The van der Waals surface area contributed by atoms with Crippen LogP contribution in [0.15, 0.2) is 98.4 Å². The van der Waals surface area contributed by atoms with E-state index < -0.39 is 7.12 Å². The van der Waals surface area contributed by atoms with Crippen molar-refractivity contribution in [2.75, 3.05) is 0 Å². The zero-order chi connectivity index (χ0) is 37.3. The molecule has 8 rings (SSSR count). The maximum Gasteiger partial charge on any atom is 0.494 e. The Balaban J connectivity index is 0.000000146. The van der Waals surface area contributed by atoms with Crippen molar-refractivity contribution in [3.8, 4) is 11.1 Å². The van der Waals surface area contributed by atoms with E-state index in [-0.39, 0.29) is 24.1 Å². The summed E-state index contributed by atoms with van der Waals surface area (Å²) < 4.78 is 22.1. The number of aromatic nitrogens is 2. The summed E-state index contributed by atoms with van der Waals surface area (Å²) in [5.74, 6) is 0.714. The zero-order valence-electron chi connectivity index (χ0n) is 29.4. The second kappa shape index (κ2) is 15.1. The average Bonchev–Trinajstić information content (AvgIpc) is 3.87. The van der Waals surface area contributed by atoms with Crippen LogP contribution in [0, 0.1) is 41.5 Å². The molecule has 12 heteroatoms. The van der Waals surface area contributed by atoms with Crippen molar-refractivity contribution in [1.29, 1.82) is 0 Å². The van der Waals surface area contributed by atoms with Gasteiger partial charge in [0.2, 0.25) is 0 Å². The van der Waals surface area contributed by atoms with Gasteiger partial charge >= 0.3 is 19.1 Å². The van der Waals surface area contributed by atoms with Crippen molar-refractivity contribution in [3.05, 3.63) is 157 Å². The maximum atomic E-state index is 12.3. The van der Waals surface area contributed by atoms with Crippen LogP contribution in [0.2, 0.25) is 0 Å². The van der Waals surface area contributed by atoms with Gasteiger partial charge in [0.15, 0.2) is 12.2 Å². The van der Waals surface area contributed by atoms with Crippen LogP contribution in [0.3, 0.4) is 0 Å². The van der Waals surface area contributed by atoms with Crippen LogP contribution in [-0.2, 0) is 9.47 Å². The van der Waals surface area contributed by atoms with Gasteiger partial charge in [-0.1, -0.05) is 93.0 Å². The molecule has 0 saturated carbocycles. The van der Waals surface area contributed by atoms with Gasteiger partial charge in [0, 0.05) is 26.6 Å². The fraction of sp³-hybridized carbons (Fsp3) is 0.200. The van der Waals surface area contributed by atoms with Crippen molar-refractivity contribution in [3.63, 3.8) is 0 Å². The predicted octanol–water partition coefficient (Wildman–Crippen LogP) is 7.52. The summed E-state index contributed by atoms with van der Waals surface area (Å²) in [5, 5.41) is 25.0. The number of fused-ring (bicyclic) bond motifs is 2. The lowest BCUT2D eigenvalue weighted by Crippen LogP contribution is -2.32. The molecule has 0 amide bonds. The Labute approximate surface area is 309 Å². The zero-order valence-corrected chi connectivity index (χ0v) is 31.0. The highest BCUT2D eigenvalue weighted by Gasteiger charge is 2.36. The number of esters is 2. The van der Waals surface area contributed by atoms with Gasteiger partial charge in [-0.15, -0.1) is 0 Å². The SMILES string of the molecule is Cc1c(Br)ccc2c1C(c1ccccc1)OC2=O.Cc1noc(C)c1-c1ccc2c(c1C)C(c1ccccc1)OC2=O.Cc1noc(C)c1B(O)O. The molecule has 6 aromatic rings. The molecule has 0 spiro atoms. The van der Waals surface area contributed by atoms with Crippen LogP contribution in [0.4, 0.5) is 0 Å². The number of nitrogens with zero attached hydrogens (tertiary/aromatic N) is 2. The summed E-state index contributed by atoms with van der Waals surface area (Å²) >= 11 is 3.50. The Morgan fingerprint density at radius 1 is 0.596 bits per heavy atom. The van der Waals surface area contributed by atoms with E-state index in [4.69, 9.17) is 24.0 Å². The van der Waals surface area contributed by atoms with Crippen molar-refractivity contribution in [2.45, 2.75) is 53.8 Å². The van der Waals surface area contributed by atoms with E-state index in [0.29, 0.717) is 28.0 Å². The minimum absolute atomic E-state index is 0.241. The van der Waals surface area contributed by atoms with E-state index in [9.17, 15) is 9.59 Å². The first kappa shape index (κ1) is 36.5. The predicted molar refractivity (Wildman–Crippen MR) is 198 cm³/mol. The first-order valence-electron chi connectivity index (χ1n) is 16.6. The van der Waals surface area contributed by atoms with Gasteiger partial charge in [-0.25, -0.2) is 9.59 Å². The Hall–Kier alpha value is -5.30. The van der Waals surface area contributed by atoms with Gasteiger partial charge in [-0.3, -0.25) is 0 Å². The second-order valence-electron chi connectivity index (χ2n) is 12.5. The molecule has 52 heavy (non-hydrogen) atoms. The van der Waals surface area contributed by atoms with Crippen molar-refractivity contribution in [2.24, 2.45) is 0 Å². The molecule has 264 valence electrons. The topological polar surface area (TPSA) is 145 Å². The van der Waals surface area contributed by atoms with E-state index in [0.717, 1.165) is 60.4 Å². The molecule has 2 N–H and O–H groups in total.